The van der Waals surface area contributed by atoms with Gasteiger partial charge in [-0.2, -0.15) is 0 Å². The number of benzene rings is 1. The van der Waals surface area contributed by atoms with Gasteiger partial charge in [-0.25, -0.2) is 4.79 Å². The standard InChI is InChI=1S/C13H19NO2/c1-3-7-12(10(2)16-13(14)15)11-8-5-4-6-9-11/h4-6,8-10,12H,3,7H2,1-2H3,(H2,14,15). The van der Waals surface area contributed by atoms with E-state index in [1.165, 1.54) is 5.56 Å². The lowest BCUT2D eigenvalue weighted by atomic mass is 9.90. The summed E-state index contributed by atoms with van der Waals surface area (Å²) in [4.78, 5) is 10.7. The van der Waals surface area contributed by atoms with E-state index < -0.39 is 6.09 Å². The Bertz CT molecular complexity index is 324. The van der Waals surface area contributed by atoms with Gasteiger partial charge in [-0.1, -0.05) is 43.7 Å². The van der Waals surface area contributed by atoms with Gasteiger partial charge in [0.25, 0.3) is 0 Å². The molecular formula is C13H19NO2. The molecule has 0 fully saturated rings. The molecule has 0 aliphatic carbocycles. The van der Waals surface area contributed by atoms with Crippen LogP contribution in [0, 0.1) is 0 Å². The van der Waals surface area contributed by atoms with Crippen molar-refractivity contribution in [2.75, 3.05) is 0 Å². The van der Waals surface area contributed by atoms with Crippen LogP contribution in [0.25, 0.3) is 0 Å². The first kappa shape index (κ1) is 12.6. The predicted molar refractivity (Wildman–Crippen MR) is 64.2 cm³/mol. The Balaban J connectivity index is 2.78. The maximum atomic E-state index is 10.7. The number of carbonyl (C=O) groups excluding carboxylic acids is 1. The molecule has 0 radical (unpaired) electrons. The van der Waals surface area contributed by atoms with Gasteiger partial charge < -0.3 is 10.5 Å². The molecule has 16 heavy (non-hydrogen) atoms. The van der Waals surface area contributed by atoms with E-state index in [9.17, 15) is 4.79 Å². The summed E-state index contributed by atoms with van der Waals surface area (Å²) in [6, 6.07) is 10.1. The van der Waals surface area contributed by atoms with Crippen molar-refractivity contribution < 1.29 is 9.53 Å². The molecule has 0 heterocycles. The highest BCUT2D eigenvalue weighted by Crippen LogP contribution is 2.26. The van der Waals surface area contributed by atoms with Gasteiger partial charge in [0, 0.05) is 5.92 Å². The molecule has 0 saturated carbocycles. The van der Waals surface area contributed by atoms with Crippen LogP contribution in [-0.4, -0.2) is 12.2 Å². The van der Waals surface area contributed by atoms with Gasteiger partial charge in [-0.15, -0.1) is 0 Å². The lowest BCUT2D eigenvalue weighted by Gasteiger charge is -2.23. The van der Waals surface area contributed by atoms with Crippen molar-refractivity contribution in [3.8, 4) is 0 Å². The van der Waals surface area contributed by atoms with E-state index in [1.807, 2.05) is 25.1 Å². The molecule has 0 bridgehead atoms. The number of carbonyl (C=O) groups is 1. The van der Waals surface area contributed by atoms with Gasteiger partial charge in [-0.3, -0.25) is 0 Å². The Morgan fingerprint density at radius 1 is 1.38 bits per heavy atom. The Hall–Kier alpha value is -1.51. The van der Waals surface area contributed by atoms with Crippen molar-refractivity contribution in [1.82, 2.24) is 0 Å². The number of rotatable bonds is 5. The maximum Gasteiger partial charge on any atom is 0.404 e. The van der Waals surface area contributed by atoms with Crippen LogP contribution < -0.4 is 5.73 Å². The second-order valence-corrected chi connectivity index (χ2v) is 3.95. The Kier molecular flexibility index (Phi) is 4.83. The largest absolute Gasteiger partial charge is 0.446 e. The van der Waals surface area contributed by atoms with Crippen LogP contribution in [-0.2, 0) is 4.74 Å². The van der Waals surface area contributed by atoms with E-state index in [-0.39, 0.29) is 12.0 Å². The molecule has 3 heteroatoms. The minimum absolute atomic E-state index is 0.181. The van der Waals surface area contributed by atoms with Crippen LogP contribution in [0.3, 0.4) is 0 Å². The lowest BCUT2D eigenvalue weighted by molar-refractivity contribution is 0.0977. The third-order valence-electron chi connectivity index (χ3n) is 2.70. The normalized spacial score (nSPS) is 14.1. The fraction of sp³-hybridized carbons (Fsp3) is 0.462. The summed E-state index contributed by atoms with van der Waals surface area (Å²) < 4.78 is 5.06. The quantitative estimate of drug-likeness (QED) is 0.830. The molecule has 0 spiro atoms. The molecule has 1 amide bonds. The van der Waals surface area contributed by atoms with E-state index in [2.05, 4.69) is 19.1 Å². The molecule has 0 aromatic heterocycles. The highest BCUT2D eigenvalue weighted by Gasteiger charge is 2.20. The van der Waals surface area contributed by atoms with E-state index >= 15 is 0 Å². The summed E-state index contributed by atoms with van der Waals surface area (Å²) in [5.74, 6) is 0.221. The highest BCUT2D eigenvalue weighted by molar-refractivity contribution is 5.64. The third kappa shape index (κ3) is 3.57. The van der Waals surface area contributed by atoms with Crippen LogP contribution in [0.15, 0.2) is 30.3 Å². The summed E-state index contributed by atoms with van der Waals surface area (Å²) in [7, 11) is 0. The molecule has 0 aliphatic heterocycles. The molecule has 2 N–H and O–H groups in total. The van der Waals surface area contributed by atoms with Crippen molar-refractivity contribution in [3.63, 3.8) is 0 Å². The molecule has 88 valence electrons. The van der Waals surface area contributed by atoms with Gasteiger partial charge in [0.2, 0.25) is 0 Å². The average Bonchev–Trinajstić information content (AvgIpc) is 2.26. The smallest absolute Gasteiger partial charge is 0.404 e. The number of nitrogens with two attached hydrogens (primary N) is 1. The third-order valence-corrected chi connectivity index (χ3v) is 2.70. The monoisotopic (exact) mass is 221 g/mol. The topological polar surface area (TPSA) is 52.3 Å². The Morgan fingerprint density at radius 3 is 2.50 bits per heavy atom. The van der Waals surface area contributed by atoms with Crippen LogP contribution >= 0.6 is 0 Å². The van der Waals surface area contributed by atoms with Crippen LogP contribution in [0.1, 0.15) is 38.2 Å². The van der Waals surface area contributed by atoms with Crippen molar-refractivity contribution in [3.05, 3.63) is 35.9 Å². The molecular weight excluding hydrogens is 202 g/mol. The molecule has 2 atom stereocenters. The fourth-order valence-corrected chi connectivity index (χ4v) is 1.95. The van der Waals surface area contributed by atoms with E-state index in [4.69, 9.17) is 10.5 Å². The van der Waals surface area contributed by atoms with E-state index in [0.717, 1.165) is 12.8 Å². The highest BCUT2D eigenvalue weighted by atomic mass is 16.6. The first-order chi connectivity index (χ1) is 7.65. The summed E-state index contributed by atoms with van der Waals surface area (Å²) in [5, 5.41) is 0. The van der Waals surface area contributed by atoms with Crippen LogP contribution in [0.5, 0.6) is 0 Å². The van der Waals surface area contributed by atoms with Crippen molar-refractivity contribution >= 4 is 6.09 Å². The maximum absolute atomic E-state index is 10.7. The first-order valence-corrected chi connectivity index (χ1v) is 5.66. The SMILES string of the molecule is CCCC(c1ccccc1)C(C)OC(N)=O. The zero-order valence-electron chi connectivity index (χ0n) is 9.85. The van der Waals surface area contributed by atoms with Crippen molar-refractivity contribution in [2.24, 2.45) is 5.73 Å². The summed E-state index contributed by atoms with van der Waals surface area (Å²) in [6.45, 7) is 4.00. The summed E-state index contributed by atoms with van der Waals surface area (Å²) >= 11 is 0. The van der Waals surface area contributed by atoms with Crippen molar-refractivity contribution in [1.29, 1.82) is 0 Å². The van der Waals surface area contributed by atoms with Gasteiger partial charge in [0.1, 0.15) is 6.10 Å². The molecule has 0 saturated heterocycles. The lowest BCUT2D eigenvalue weighted by Crippen LogP contribution is -2.26. The van der Waals surface area contributed by atoms with Gasteiger partial charge in [-0.05, 0) is 18.9 Å². The summed E-state index contributed by atoms with van der Waals surface area (Å²) in [5.41, 5.74) is 6.24. The molecule has 1 rings (SSSR count). The van der Waals surface area contributed by atoms with Gasteiger partial charge >= 0.3 is 6.09 Å². The fourth-order valence-electron chi connectivity index (χ4n) is 1.95. The molecule has 0 aliphatic rings. The minimum Gasteiger partial charge on any atom is -0.446 e. The van der Waals surface area contributed by atoms with E-state index in [0.29, 0.717) is 0 Å². The second kappa shape index (κ2) is 6.16. The number of primary amides is 1. The Labute approximate surface area is 96.6 Å². The summed E-state index contributed by atoms with van der Waals surface area (Å²) in [6.07, 6.45) is 1.15. The number of hydrogen-bond acceptors (Lipinski definition) is 2. The zero-order valence-corrected chi connectivity index (χ0v) is 9.85. The molecule has 1 aromatic rings. The number of ether oxygens (including phenoxy) is 1. The molecule has 1 aromatic carbocycles. The molecule has 3 nitrogen and oxygen atoms in total. The van der Waals surface area contributed by atoms with Gasteiger partial charge in [0.15, 0.2) is 0 Å². The van der Waals surface area contributed by atoms with E-state index in [1.54, 1.807) is 0 Å². The molecule has 2 unspecified atom stereocenters. The van der Waals surface area contributed by atoms with Crippen molar-refractivity contribution in [2.45, 2.75) is 38.7 Å². The predicted octanol–water partition coefficient (Wildman–Crippen LogP) is 3.05. The number of amides is 1. The minimum atomic E-state index is -0.704. The Morgan fingerprint density at radius 2 is 2.00 bits per heavy atom. The average molecular weight is 221 g/mol. The second-order valence-electron chi connectivity index (χ2n) is 3.95. The zero-order chi connectivity index (χ0) is 12.0. The van der Waals surface area contributed by atoms with Crippen LogP contribution in [0.4, 0.5) is 4.79 Å². The first-order valence-electron chi connectivity index (χ1n) is 5.66. The van der Waals surface area contributed by atoms with Crippen LogP contribution in [0.2, 0.25) is 0 Å². The van der Waals surface area contributed by atoms with Gasteiger partial charge in [0.05, 0.1) is 0 Å². The number of hydrogen-bond donors (Lipinski definition) is 1.